The molecule has 0 spiro atoms. The Bertz CT molecular complexity index is 368. The lowest BCUT2D eigenvalue weighted by Gasteiger charge is -2.39. The molecule has 0 saturated heterocycles. The van der Waals surface area contributed by atoms with Crippen LogP contribution in [0.2, 0.25) is 0 Å². The average Bonchev–Trinajstić information content (AvgIpc) is 2.42. The van der Waals surface area contributed by atoms with Crippen molar-refractivity contribution >= 4 is 21.9 Å². The Hall–Kier alpha value is -0.680. The van der Waals surface area contributed by atoms with Gasteiger partial charge in [0.1, 0.15) is 0 Å². The number of nitrogens with zero attached hydrogens (tertiary/aromatic N) is 3. The molecule has 5 heteroatoms. The summed E-state index contributed by atoms with van der Waals surface area (Å²) >= 11 is 3.37. The van der Waals surface area contributed by atoms with Crippen molar-refractivity contribution in [1.82, 2.24) is 9.97 Å². The van der Waals surface area contributed by atoms with E-state index in [9.17, 15) is 0 Å². The lowest BCUT2D eigenvalue weighted by molar-refractivity contribution is 0.298. The number of nitrogens with two attached hydrogens (primary N) is 1. The number of halogens is 1. The first-order valence-electron chi connectivity index (χ1n) is 6.70. The number of rotatable bonds is 4. The van der Waals surface area contributed by atoms with E-state index >= 15 is 0 Å². The van der Waals surface area contributed by atoms with E-state index in [1.807, 2.05) is 12.4 Å². The van der Waals surface area contributed by atoms with Crippen LogP contribution in [0.5, 0.6) is 0 Å². The van der Waals surface area contributed by atoms with Crippen molar-refractivity contribution in [3.05, 3.63) is 16.9 Å². The van der Waals surface area contributed by atoms with Crippen LogP contribution in [0, 0.1) is 5.92 Å². The molecule has 1 aliphatic carbocycles. The molecule has 18 heavy (non-hydrogen) atoms. The molecule has 1 fully saturated rings. The summed E-state index contributed by atoms with van der Waals surface area (Å²) in [7, 11) is 0. The Labute approximate surface area is 117 Å². The first kappa shape index (κ1) is 13.7. The van der Waals surface area contributed by atoms with Crippen LogP contribution in [0.1, 0.15) is 32.6 Å². The fraction of sp³-hybridized carbons (Fsp3) is 0.692. The van der Waals surface area contributed by atoms with E-state index < -0.39 is 0 Å². The molecule has 2 N–H and O–H groups in total. The van der Waals surface area contributed by atoms with E-state index in [1.54, 1.807) is 0 Å². The summed E-state index contributed by atoms with van der Waals surface area (Å²) in [5, 5.41) is 0. The van der Waals surface area contributed by atoms with Crippen molar-refractivity contribution in [3.63, 3.8) is 0 Å². The monoisotopic (exact) mass is 312 g/mol. The minimum absolute atomic E-state index is 0.495. The molecular formula is C13H21BrN4. The van der Waals surface area contributed by atoms with Gasteiger partial charge in [0.25, 0.3) is 0 Å². The molecule has 1 aromatic heterocycles. The fourth-order valence-corrected chi connectivity index (χ4v) is 3.06. The van der Waals surface area contributed by atoms with Crippen LogP contribution < -0.4 is 10.6 Å². The lowest BCUT2D eigenvalue weighted by atomic mass is 9.83. The predicted octanol–water partition coefficient (Wildman–Crippen LogP) is 2.58. The van der Waals surface area contributed by atoms with Crippen molar-refractivity contribution in [3.8, 4) is 0 Å². The van der Waals surface area contributed by atoms with Crippen molar-refractivity contribution in [2.24, 2.45) is 11.7 Å². The second kappa shape index (κ2) is 6.48. The highest BCUT2D eigenvalue weighted by Gasteiger charge is 2.29. The van der Waals surface area contributed by atoms with Crippen LogP contribution in [0.4, 0.5) is 5.95 Å². The van der Waals surface area contributed by atoms with Crippen molar-refractivity contribution in [2.45, 2.75) is 38.6 Å². The fourth-order valence-electron chi connectivity index (χ4n) is 2.85. The molecule has 2 atom stereocenters. The Balaban J connectivity index is 2.18. The molecule has 1 aliphatic rings. The summed E-state index contributed by atoms with van der Waals surface area (Å²) < 4.78 is 0.918. The highest BCUT2D eigenvalue weighted by molar-refractivity contribution is 9.10. The molecule has 4 nitrogen and oxygen atoms in total. The van der Waals surface area contributed by atoms with Gasteiger partial charge in [0.05, 0.1) is 4.47 Å². The van der Waals surface area contributed by atoms with Crippen LogP contribution in [-0.4, -0.2) is 29.1 Å². The van der Waals surface area contributed by atoms with Gasteiger partial charge in [-0.1, -0.05) is 12.8 Å². The van der Waals surface area contributed by atoms with Crippen LogP contribution in [0.15, 0.2) is 16.9 Å². The number of hydrogen-bond acceptors (Lipinski definition) is 4. The third kappa shape index (κ3) is 3.01. The Morgan fingerprint density at radius 2 is 2.00 bits per heavy atom. The smallest absolute Gasteiger partial charge is 0.225 e. The first-order valence-corrected chi connectivity index (χ1v) is 7.49. The second-order valence-electron chi connectivity index (χ2n) is 4.83. The molecule has 0 radical (unpaired) electrons. The SMILES string of the molecule is CCN(c1ncc(Br)cn1)C1CCCCC1CN. The molecule has 2 rings (SSSR count). The largest absolute Gasteiger partial charge is 0.338 e. The average molecular weight is 313 g/mol. The molecule has 2 unspecified atom stereocenters. The van der Waals surface area contributed by atoms with Gasteiger partial charge in [-0.2, -0.15) is 0 Å². The van der Waals surface area contributed by atoms with E-state index in [0.29, 0.717) is 12.0 Å². The zero-order valence-electron chi connectivity index (χ0n) is 10.8. The van der Waals surface area contributed by atoms with Gasteiger partial charge in [-0.15, -0.1) is 0 Å². The van der Waals surface area contributed by atoms with Gasteiger partial charge < -0.3 is 10.6 Å². The summed E-state index contributed by atoms with van der Waals surface area (Å²) in [6.45, 7) is 3.86. The van der Waals surface area contributed by atoms with Crippen LogP contribution in [0.25, 0.3) is 0 Å². The molecule has 0 bridgehead atoms. The first-order chi connectivity index (χ1) is 8.76. The molecule has 0 aromatic carbocycles. The van der Waals surface area contributed by atoms with Gasteiger partial charge in [-0.25, -0.2) is 9.97 Å². The van der Waals surface area contributed by atoms with E-state index in [0.717, 1.165) is 23.5 Å². The maximum Gasteiger partial charge on any atom is 0.225 e. The molecular weight excluding hydrogens is 292 g/mol. The molecule has 100 valence electrons. The van der Waals surface area contributed by atoms with Gasteiger partial charge in [0, 0.05) is 25.0 Å². The quantitative estimate of drug-likeness (QED) is 0.928. The normalized spacial score (nSPS) is 23.9. The minimum Gasteiger partial charge on any atom is -0.338 e. The van der Waals surface area contributed by atoms with E-state index in [2.05, 4.69) is 37.7 Å². The predicted molar refractivity (Wildman–Crippen MR) is 77.6 cm³/mol. The third-order valence-electron chi connectivity index (χ3n) is 3.78. The van der Waals surface area contributed by atoms with E-state index in [4.69, 9.17) is 5.73 Å². The summed E-state index contributed by atoms with van der Waals surface area (Å²) in [4.78, 5) is 11.1. The van der Waals surface area contributed by atoms with Crippen LogP contribution >= 0.6 is 15.9 Å². The zero-order valence-corrected chi connectivity index (χ0v) is 12.4. The van der Waals surface area contributed by atoms with Crippen LogP contribution in [0.3, 0.4) is 0 Å². The van der Waals surface area contributed by atoms with Gasteiger partial charge in [0.15, 0.2) is 0 Å². The van der Waals surface area contributed by atoms with E-state index in [-0.39, 0.29) is 0 Å². The molecule has 0 amide bonds. The van der Waals surface area contributed by atoms with Gasteiger partial charge in [0.2, 0.25) is 5.95 Å². The van der Waals surface area contributed by atoms with Crippen LogP contribution in [-0.2, 0) is 0 Å². The Morgan fingerprint density at radius 1 is 1.33 bits per heavy atom. The maximum absolute atomic E-state index is 5.91. The van der Waals surface area contributed by atoms with Gasteiger partial charge in [-0.3, -0.25) is 0 Å². The Morgan fingerprint density at radius 3 is 2.61 bits per heavy atom. The van der Waals surface area contributed by atoms with Crippen molar-refractivity contribution in [2.75, 3.05) is 18.0 Å². The Kier molecular flexibility index (Phi) is 4.95. The molecule has 1 saturated carbocycles. The summed E-state index contributed by atoms with van der Waals surface area (Å²) in [6.07, 6.45) is 8.64. The standard InChI is InChI=1S/C13H21BrN4/c1-2-18(13-16-8-11(14)9-17-13)12-6-4-3-5-10(12)7-15/h8-10,12H,2-7,15H2,1H3. The van der Waals surface area contributed by atoms with Gasteiger partial charge >= 0.3 is 0 Å². The van der Waals surface area contributed by atoms with Gasteiger partial charge in [-0.05, 0) is 48.2 Å². The minimum atomic E-state index is 0.495. The van der Waals surface area contributed by atoms with E-state index in [1.165, 1.54) is 25.7 Å². The number of aromatic nitrogens is 2. The maximum atomic E-state index is 5.91. The number of anilines is 1. The molecule has 1 heterocycles. The molecule has 1 aromatic rings. The van der Waals surface area contributed by atoms with Crippen molar-refractivity contribution in [1.29, 1.82) is 0 Å². The topological polar surface area (TPSA) is 55.0 Å². The second-order valence-corrected chi connectivity index (χ2v) is 5.75. The highest BCUT2D eigenvalue weighted by Crippen LogP contribution is 2.29. The highest BCUT2D eigenvalue weighted by atomic mass is 79.9. The lowest BCUT2D eigenvalue weighted by Crippen LogP contribution is -2.46. The summed E-state index contributed by atoms with van der Waals surface area (Å²) in [5.74, 6) is 1.40. The summed E-state index contributed by atoms with van der Waals surface area (Å²) in [5.41, 5.74) is 5.91. The summed E-state index contributed by atoms with van der Waals surface area (Å²) in [6, 6.07) is 0.495. The number of hydrogen-bond donors (Lipinski definition) is 1. The molecule has 0 aliphatic heterocycles. The zero-order chi connectivity index (χ0) is 13.0. The van der Waals surface area contributed by atoms with Crippen molar-refractivity contribution < 1.29 is 0 Å². The third-order valence-corrected chi connectivity index (χ3v) is 4.19.